The van der Waals surface area contributed by atoms with Gasteiger partial charge in [0.1, 0.15) is 12.4 Å². The third-order valence-corrected chi connectivity index (χ3v) is 6.73. The van der Waals surface area contributed by atoms with Crippen LogP contribution in [0.25, 0.3) is 16.7 Å². The minimum Gasteiger partial charge on any atom is -0.490 e. The third-order valence-electron chi connectivity index (χ3n) is 6.73. The molecule has 4 aromatic rings. The Labute approximate surface area is 231 Å². The summed E-state index contributed by atoms with van der Waals surface area (Å²) in [4.78, 5) is 11.7. The summed E-state index contributed by atoms with van der Waals surface area (Å²) >= 11 is 0. The number of carboxylic acid groups (broad SMARTS) is 1. The van der Waals surface area contributed by atoms with Crippen molar-refractivity contribution < 1.29 is 19.4 Å². The second-order valence-electron chi connectivity index (χ2n) is 9.63. The molecule has 0 aromatic heterocycles. The number of ether oxygens (including phenoxy) is 2. The van der Waals surface area contributed by atoms with Gasteiger partial charge in [0.25, 0.3) is 0 Å². The summed E-state index contributed by atoms with van der Waals surface area (Å²) in [7, 11) is 0. The predicted molar refractivity (Wildman–Crippen MR) is 158 cm³/mol. The van der Waals surface area contributed by atoms with E-state index in [9.17, 15) is 9.90 Å². The molecule has 4 heteroatoms. The fraction of sp³-hybridized carbons (Fsp3) is 0.229. The minimum absolute atomic E-state index is 0.326. The molecular weight excluding hydrogens is 484 g/mol. The van der Waals surface area contributed by atoms with Crippen LogP contribution in [-0.2, 0) is 22.4 Å². The molecule has 4 nitrogen and oxygen atoms in total. The molecule has 1 N–H and O–H groups in total. The molecule has 39 heavy (non-hydrogen) atoms. The van der Waals surface area contributed by atoms with Gasteiger partial charge in [-0.15, -0.1) is 0 Å². The van der Waals surface area contributed by atoms with Gasteiger partial charge in [0, 0.05) is 13.0 Å². The van der Waals surface area contributed by atoms with E-state index in [0.717, 1.165) is 41.7 Å². The predicted octanol–water partition coefficient (Wildman–Crippen LogP) is 7.87. The van der Waals surface area contributed by atoms with Crippen LogP contribution in [0.1, 0.15) is 36.5 Å². The van der Waals surface area contributed by atoms with Gasteiger partial charge in [-0.05, 0) is 77.8 Å². The average molecular weight is 521 g/mol. The van der Waals surface area contributed by atoms with Crippen molar-refractivity contribution in [3.8, 4) is 16.9 Å². The van der Waals surface area contributed by atoms with Crippen molar-refractivity contribution >= 4 is 11.5 Å². The fourth-order valence-corrected chi connectivity index (χ4v) is 4.39. The Morgan fingerprint density at radius 1 is 0.769 bits per heavy atom. The van der Waals surface area contributed by atoms with Gasteiger partial charge in [0.05, 0.1) is 0 Å². The van der Waals surface area contributed by atoms with Gasteiger partial charge >= 0.3 is 5.97 Å². The normalized spacial score (nSPS) is 12.2. The molecule has 0 saturated carbocycles. The van der Waals surface area contributed by atoms with Crippen molar-refractivity contribution in [1.29, 1.82) is 0 Å². The number of aryl methyl sites for hydroxylation is 1. The molecule has 0 amide bonds. The summed E-state index contributed by atoms with van der Waals surface area (Å²) in [6.07, 6.45) is 4.31. The maximum absolute atomic E-state index is 11.7. The van der Waals surface area contributed by atoms with Gasteiger partial charge < -0.3 is 14.6 Å². The second kappa shape index (κ2) is 14.7. The lowest BCUT2D eigenvalue weighted by molar-refractivity contribution is -0.150. The summed E-state index contributed by atoms with van der Waals surface area (Å²) in [6, 6.07) is 36.7. The number of rotatable bonds is 14. The van der Waals surface area contributed by atoms with Crippen molar-refractivity contribution in [2.75, 3.05) is 13.2 Å². The van der Waals surface area contributed by atoms with Crippen LogP contribution in [0.15, 0.2) is 115 Å². The van der Waals surface area contributed by atoms with Gasteiger partial charge in [0.15, 0.2) is 6.10 Å². The van der Waals surface area contributed by atoms with Gasteiger partial charge in [-0.25, -0.2) is 4.79 Å². The quantitative estimate of drug-likeness (QED) is 0.172. The van der Waals surface area contributed by atoms with Gasteiger partial charge in [-0.2, -0.15) is 0 Å². The van der Waals surface area contributed by atoms with Crippen LogP contribution in [-0.4, -0.2) is 30.4 Å². The van der Waals surface area contributed by atoms with Crippen molar-refractivity contribution in [3.05, 3.63) is 132 Å². The molecule has 0 spiro atoms. The SMILES string of the molecule is CC(=CCOc1ccc(C[C@H](OCCCCc2ccccc2)C(=O)O)cc1)c1ccc(-c2ccccc2)cc1. The van der Waals surface area contributed by atoms with Crippen LogP contribution in [0, 0.1) is 0 Å². The Bertz CT molecular complexity index is 1310. The van der Waals surface area contributed by atoms with Gasteiger partial charge in [0.2, 0.25) is 0 Å². The molecule has 0 aliphatic rings. The van der Waals surface area contributed by atoms with E-state index < -0.39 is 12.1 Å². The van der Waals surface area contributed by atoms with E-state index in [1.807, 2.05) is 60.7 Å². The van der Waals surface area contributed by atoms with Crippen molar-refractivity contribution in [2.24, 2.45) is 0 Å². The highest BCUT2D eigenvalue weighted by Crippen LogP contribution is 2.22. The molecule has 0 bridgehead atoms. The fourth-order valence-electron chi connectivity index (χ4n) is 4.39. The number of benzene rings is 4. The molecule has 0 radical (unpaired) electrons. The summed E-state index contributed by atoms with van der Waals surface area (Å²) in [5.41, 5.74) is 6.91. The van der Waals surface area contributed by atoms with Crippen molar-refractivity contribution in [2.45, 2.75) is 38.7 Å². The van der Waals surface area contributed by atoms with Gasteiger partial charge in [-0.3, -0.25) is 0 Å². The first-order chi connectivity index (χ1) is 19.1. The first-order valence-electron chi connectivity index (χ1n) is 13.5. The van der Waals surface area contributed by atoms with E-state index >= 15 is 0 Å². The van der Waals surface area contributed by atoms with E-state index in [0.29, 0.717) is 19.6 Å². The lowest BCUT2D eigenvalue weighted by Gasteiger charge is -2.14. The Morgan fingerprint density at radius 2 is 1.41 bits per heavy atom. The van der Waals surface area contributed by atoms with Crippen LogP contribution in [0.3, 0.4) is 0 Å². The van der Waals surface area contributed by atoms with Crippen molar-refractivity contribution in [1.82, 2.24) is 0 Å². The Kier molecular flexibility index (Phi) is 10.5. The zero-order valence-electron chi connectivity index (χ0n) is 22.5. The van der Waals surface area contributed by atoms with Crippen LogP contribution < -0.4 is 4.74 Å². The molecular formula is C35H36O4. The number of unbranched alkanes of at least 4 members (excludes halogenated alkanes) is 1. The number of carbonyl (C=O) groups is 1. The zero-order valence-corrected chi connectivity index (χ0v) is 22.5. The molecule has 1 atom stereocenters. The van der Waals surface area contributed by atoms with E-state index in [2.05, 4.69) is 61.5 Å². The monoisotopic (exact) mass is 520 g/mol. The van der Waals surface area contributed by atoms with Crippen LogP contribution in [0.4, 0.5) is 0 Å². The number of allylic oxidation sites excluding steroid dienone is 1. The average Bonchev–Trinajstić information content (AvgIpc) is 2.98. The van der Waals surface area contributed by atoms with E-state index in [1.54, 1.807) is 0 Å². The molecule has 4 rings (SSSR count). The molecule has 0 unspecified atom stereocenters. The number of hydrogen-bond acceptors (Lipinski definition) is 3. The van der Waals surface area contributed by atoms with E-state index in [-0.39, 0.29) is 0 Å². The lowest BCUT2D eigenvalue weighted by Crippen LogP contribution is -2.26. The highest BCUT2D eigenvalue weighted by Gasteiger charge is 2.18. The zero-order chi connectivity index (χ0) is 27.3. The summed E-state index contributed by atoms with van der Waals surface area (Å²) < 4.78 is 11.6. The number of aliphatic carboxylic acids is 1. The summed E-state index contributed by atoms with van der Waals surface area (Å²) in [5.74, 6) is -0.188. The maximum Gasteiger partial charge on any atom is 0.333 e. The Hall–Kier alpha value is -4.15. The van der Waals surface area contributed by atoms with Crippen LogP contribution >= 0.6 is 0 Å². The maximum atomic E-state index is 11.7. The minimum atomic E-state index is -0.934. The van der Waals surface area contributed by atoms with Crippen LogP contribution in [0.2, 0.25) is 0 Å². The molecule has 0 aliphatic heterocycles. The second-order valence-corrected chi connectivity index (χ2v) is 9.63. The summed E-state index contributed by atoms with van der Waals surface area (Å²) in [5, 5.41) is 9.60. The van der Waals surface area contributed by atoms with Crippen LogP contribution in [0.5, 0.6) is 5.75 Å². The molecule has 0 aliphatic carbocycles. The molecule has 0 fully saturated rings. The third kappa shape index (κ3) is 8.98. The molecule has 0 saturated heterocycles. The lowest BCUT2D eigenvalue weighted by atomic mass is 10.0. The first kappa shape index (κ1) is 27.9. The number of hydrogen-bond donors (Lipinski definition) is 1. The highest BCUT2D eigenvalue weighted by atomic mass is 16.5. The first-order valence-corrected chi connectivity index (χ1v) is 13.5. The Balaban J connectivity index is 1.21. The topological polar surface area (TPSA) is 55.8 Å². The molecule has 0 heterocycles. The molecule has 4 aromatic carbocycles. The highest BCUT2D eigenvalue weighted by molar-refractivity contribution is 5.72. The largest absolute Gasteiger partial charge is 0.490 e. The Morgan fingerprint density at radius 3 is 2.08 bits per heavy atom. The number of carboxylic acids is 1. The summed E-state index contributed by atoms with van der Waals surface area (Å²) in [6.45, 7) is 2.97. The smallest absolute Gasteiger partial charge is 0.333 e. The van der Waals surface area contributed by atoms with E-state index in [1.165, 1.54) is 16.7 Å². The van der Waals surface area contributed by atoms with Gasteiger partial charge in [-0.1, -0.05) is 97.1 Å². The van der Waals surface area contributed by atoms with E-state index in [4.69, 9.17) is 9.47 Å². The molecule has 200 valence electrons. The standard InChI is InChI=1S/C35H36O4/c1-27(30-17-19-32(20-18-30)31-13-6-3-7-14-31)23-25-38-33-21-15-29(16-22-33)26-34(35(36)37)39-24-9-8-12-28-10-4-2-5-11-28/h2-7,10-11,13-23,34H,8-9,12,24-26H2,1H3,(H,36,37)/t34-/m0/s1. The van der Waals surface area contributed by atoms with Crippen molar-refractivity contribution in [3.63, 3.8) is 0 Å².